The molecule has 2 aromatic carbocycles. The average Bonchev–Trinajstić information content (AvgIpc) is 2.81. The number of hydrogen-bond acceptors (Lipinski definition) is 4. The van der Waals surface area contributed by atoms with Crippen molar-refractivity contribution in [1.29, 1.82) is 0 Å². The van der Waals surface area contributed by atoms with E-state index in [1.807, 2.05) is 42.5 Å². The molecule has 136 valence electrons. The van der Waals surface area contributed by atoms with Crippen molar-refractivity contribution in [2.24, 2.45) is 0 Å². The quantitative estimate of drug-likeness (QED) is 0.494. The van der Waals surface area contributed by atoms with Crippen molar-refractivity contribution in [1.82, 2.24) is 9.97 Å². The second-order valence-electron chi connectivity index (χ2n) is 5.85. The Morgan fingerprint density at radius 1 is 0.536 bits per heavy atom. The van der Waals surface area contributed by atoms with Gasteiger partial charge in [-0.3, -0.25) is 19.6 Å². The van der Waals surface area contributed by atoms with E-state index in [0.29, 0.717) is 22.4 Å². The first-order valence-electron chi connectivity index (χ1n) is 8.76. The maximum Gasteiger partial charge on any atom is 0.211 e. The van der Waals surface area contributed by atoms with E-state index in [4.69, 9.17) is 0 Å². The molecule has 0 saturated heterocycles. The predicted octanol–water partition coefficient (Wildman–Crippen LogP) is 4.63. The maximum absolute atomic E-state index is 11.8. The molecule has 0 atom stereocenters. The predicted molar refractivity (Wildman–Crippen MR) is 108 cm³/mol. The Kier molecular flexibility index (Phi) is 6.53. The van der Waals surface area contributed by atoms with Crippen LogP contribution in [0, 0.1) is 0 Å². The number of carbonyl (C=O) groups excluding carboxylic acids is 2. The number of rotatable bonds is 4. The summed E-state index contributed by atoms with van der Waals surface area (Å²) in [7, 11) is 0. The van der Waals surface area contributed by atoms with Crippen LogP contribution in [0.3, 0.4) is 0 Å². The Balaban J connectivity index is 0.000000161. The number of carbonyl (C=O) groups is 2. The molecule has 4 nitrogen and oxygen atoms in total. The van der Waals surface area contributed by atoms with E-state index < -0.39 is 0 Å². The Bertz CT molecular complexity index is 849. The van der Waals surface area contributed by atoms with Gasteiger partial charge in [0, 0.05) is 35.3 Å². The van der Waals surface area contributed by atoms with Gasteiger partial charge in [-0.2, -0.15) is 0 Å². The highest BCUT2D eigenvalue weighted by molar-refractivity contribution is 6.08. The molecule has 4 rings (SSSR count). The lowest BCUT2D eigenvalue weighted by molar-refractivity contribution is 0.102. The summed E-state index contributed by atoms with van der Waals surface area (Å²) < 4.78 is 0. The van der Waals surface area contributed by atoms with E-state index in [0.717, 1.165) is 0 Å². The molecule has 0 bridgehead atoms. The van der Waals surface area contributed by atoms with Crippen LogP contribution in [0.2, 0.25) is 0 Å². The third kappa shape index (κ3) is 5.05. The molecule has 28 heavy (non-hydrogen) atoms. The Morgan fingerprint density at radius 3 is 1.64 bits per heavy atom. The standard InChI is InChI=1S/2C12H9NO/c14-12(10-6-2-1-3-7-10)11-8-4-5-9-13-11;14-12(10-5-2-1-3-6-10)11-7-4-8-13-9-11/h2*1-9H. The zero-order valence-electron chi connectivity index (χ0n) is 15.1. The second kappa shape index (κ2) is 9.69. The van der Waals surface area contributed by atoms with Gasteiger partial charge in [0.05, 0.1) is 0 Å². The van der Waals surface area contributed by atoms with Gasteiger partial charge < -0.3 is 0 Å². The number of pyridine rings is 2. The molecule has 0 spiro atoms. The molecule has 2 heterocycles. The van der Waals surface area contributed by atoms with Crippen molar-refractivity contribution >= 4 is 11.6 Å². The largest absolute Gasteiger partial charge is 0.289 e. The lowest BCUT2D eigenvalue weighted by Crippen LogP contribution is -2.02. The minimum Gasteiger partial charge on any atom is -0.289 e. The second-order valence-corrected chi connectivity index (χ2v) is 5.85. The van der Waals surface area contributed by atoms with Crippen LogP contribution in [0.4, 0.5) is 0 Å². The van der Waals surface area contributed by atoms with Crippen LogP contribution < -0.4 is 0 Å². The summed E-state index contributed by atoms with van der Waals surface area (Å²) in [4.78, 5) is 31.5. The normalized spacial score (nSPS) is 9.71. The molecule has 4 heteroatoms. The van der Waals surface area contributed by atoms with Crippen molar-refractivity contribution in [2.75, 3.05) is 0 Å². The summed E-state index contributed by atoms with van der Waals surface area (Å²) >= 11 is 0. The fourth-order valence-corrected chi connectivity index (χ4v) is 2.49. The molecule has 4 aromatic rings. The average molecular weight is 366 g/mol. The molecule has 0 radical (unpaired) electrons. The molecule has 0 fully saturated rings. The fourth-order valence-electron chi connectivity index (χ4n) is 2.49. The lowest BCUT2D eigenvalue weighted by atomic mass is 10.1. The lowest BCUT2D eigenvalue weighted by Gasteiger charge is -1.98. The van der Waals surface area contributed by atoms with Crippen LogP contribution in [0.1, 0.15) is 32.0 Å². The summed E-state index contributed by atoms with van der Waals surface area (Å²) in [5.74, 6) is -0.0232. The van der Waals surface area contributed by atoms with Gasteiger partial charge in [0.25, 0.3) is 0 Å². The van der Waals surface area contributed by atoms with Crippen LogP contribution in [-0.4, -0.2) is 21.5 Å². The molecule has 0 aliphatic rings. The summed E-state index contributed by atoms with van der Waals surface area (Å²) in [6.07, 6.45) is 4.85. The van der Waals surface area contributed by atoms with Gasteiger partial charge >= 0.3 is 0 Å². The summed E-state index contributed by atoms with van der Waals surface area (Å²) in [5, 5.41) is 0. The first-order valence-corrected chi connectivity index (χ1v) is 8.76. The first-order chi connectivity index (χ1) is 13.8. The molecule has 0 aliphatic carbocycles. The van der Waals surface area contributed by atoms with Crippen molar-refractivity contribution in [3.8, 4) is 0 Å². The third-order valence-corrected chi connectivity index (χ3v) is 3.89. The molecule has 0 aliphatic heterocycles. The van der Waals surface area contributed by atoms with E-state index in [1.54, 1.807) is 67.1 Å². The molecule has 0 unspecified atom stereocenters. The van der Waals surface area contributed by atoms with E-state index >= 15 is 0 Å². The summed E-state index contributed by atoms with van der Waals surface area (Å²) in [6, 6.07) is 27.2. The highest BCUT2D eigenvalue weighted by Gasteiger charge is 2.08. The van der Waals surface area contributed by atoms with Crippen LogP contribution in [0.5, 0.6) is 0 Å². The molecule has 0 saturated carbocycles. The van der Waals surface area contributed by atoms with E-state index in [-0.39, 0.29) is 11.6 Å². The number of benzene rings is 2. The van der Waals surface area contributed by atoms with Crippen LogP contribution >= 0.6 is 0 Å². The van der Waals surface area contributed by atoms with Crippen LogP contribution in [0.25, 0.3) is 0 Å². The van der Waals surface area contributed by atoms with Crippen molar-refractivity contribution in [3.05, 3.63) is 132 Å². The minimum atomic E-state index is -0.0359. The van der Waals surface area contributed by atoms with Crippen LogP contribution in [0.15, 0.2) is 110 Å². The van der Waals surface area contributed by atoms with Crippen molar-refractivity contribution in [2.45, 2.75) is 0 Å². The highest BCUT2D eigenvalue weighted by atomic mass is 16.1. The van der Waals surface area contributed by atoms with Gasteiger partial charge in [-0.1, -0.05) is 66.7 Å². The summed E-state index contributed by atoms with van der Waals surface area (Å²) in [5.41, 5.74) is 2.48. The van der Waals surface area contributed by atoms with E-state index in [9.17, 15) is 9.59 Å². The maximum atomic E-state index is 11.8. The number of nitrogens with zero attached hydrogens (tertiary/aromatic N) is 2. The van der Waals surface area contributed by atoms with Gasteiger partial charge in [0.15, 0.2) is 5.78 Å². The van der Waals surface area contributed by atoms with Gasteiger partial charge in [-0.15, -0.1) is 0 Å². The molecular weight excluding hydrogens is 348 g/mol. The van der Waals surface area contributed by atoms with E-state index in [1.165, 1.54) is 0 Å². The minimum absolute atomic E-state index is 0.0127. The SMILES string of the molecule is O=C(c1ccccc1)c1ccccn1.O=C(c1ccccc1)c1cccnc1. The van der Waals surface area contributed by atoms with Gasteiger partial charge in [-0.05, 0) is 24.3 Å². The zero-order chi connectivity index (χ0) is 19.6. The molecule has 2 aromatic heterocycles. The van der Waals surface area contributed by atoms with Crippen LogP contribution in [-0.2, 0) is 0 Å². The Labute approximate surface area is 163 Å². The first kappa shape index (κ1) is 18.9. The van der Waals surface area contributed by atoms with Crippen molar-refractivity contribution < 1.29 is 9.59 Å². The monoisotopic (exact) mass is 366 g/mol. The third-order valence-electron chi connectivity index (χ3n) is 3.89. The van der Waals surface area contributed by atoms with Gasteiger partial charge in [0.2, 0.25) is 5.78 Å². The van der Waals surface area contributed by atoms with Crippen molar-refractivity contribution in [3.63, 3.8) is 0 Å². The highest BCUT2D eigenvalue weighted by Crippen LogP contribution is 2.08. The number of aromatic nitrogens is 2. The molecule has 0 amide bonds. The zero-order valence-corrected chi connectivity index (χ0v) is 15.1. The molecule has 0 N–H and O–H groups in total. The van der Waals surface area contributed by atoms with Gasteiger partial charge in [-0.25, -0.2) is 0 Å². The summed E-state index contributed by atoms with van der Waals surface area (Å²) in [6.45, 7) is 0. The number of ketones is 2. The van der Waals surface area contributed by atoms with Gasteiger partial charge in [0.1, 0.15) is 5.69 Å². The smallest absolute Gasteiger partial charge is 0.211 e. The molecular formula is C24H18N2O2. The Morgan fingerprint density at radius 2 is 1.11 bits per heavy atom. The van der Waals surface area contributed by atoms with E-state index in [2.05, 4.69) is 9.97 Å². The number of hydrogen-bond donors (Lipinski definition) is 0. The Hall–Kier alpha value is -3.92. The fraction of sp³-hybridized carbons (Fsp3) is 0. The topological polar surface area (TPSA) is 59.9 Å².